The van der Waals surface area contributed by atoms with Crippen LogP contribution in [0, 0.1) is 0 Å². The largest absolute Gasteiger partial charge is 0.484 e. The van der Waals surface area contributed by atoms with Crippen molar-refractivity contribution in [1.82, 2.24) is 4.90 Å². The van der Waals surface area contributed by atoms with Gasteiger partial charge < -0.3 is 15.0 Å². The number of sulfone groups is 1. The first kappa shape index (κ1) is 21.3. The minimum Gasteiger partial charge on any atom is -0.484 e. The predicted molar refractivity (Wildman–Crippen MR) is 95.5 cm³/mol. The average Bonchev–Trinajstić information content (AvgIpc) is 2.93. The zero-order valence-corrected chi connectivity index (χ0v) is 15.9. The molecule has 1 N–H and O–H groups in total. The summed E-state index contributed by atoms with van der Waals surface area (Å²) in [6.07, 6.45) is -3.98. The first-order chi connectivity index (χ1) is 12.5. The number of carbonyl (C=O) groups is 1. The highest BCUT2D eigenvalue weighted by Gasteiger charge is 2.35. The van der Waals surface area contributed by atoms with Crippen LogP contribution in [0.25, 0.3) is 0 Å². The number of nitrogens with one attached hydrogen (secondary N) is 1. The molecule has 0 radical (unpaired) electrons. The van der Waals surface area contributed by atoms with Gasteiger partial charge >= 0.3 is 6.18 Å². The second-order valence-electron chi connectivity index (χ2n) is 6.48. The number of nitrogens with zero attached hydrogens (tertiary/aromatic N) is 1. The maximum atomic E-state index is 12.7. The molecule has 1 fully saturated rings. The molecule has 27 heavy (non-hydrogen) atoms. The molecule has 2 rings (SSSR count). The van der Waals surface area contributed by atoms with Gasteiger partial charge in [-0.2, -0.15) is 13.2 Å². The summed E-state index contributed by atoms with van der Waals surface area (Å²) in [5.41, 5.74) is 0.547. The summed E-state index contributed by atoms with van der Waals surface area (Å²) >= 11 is 0. The standard InChI is InChI=1S/C17H23F3N2O4S/c1-3-22(14-8-9-27(24,25)10-14)16(23)12(2)21-13-4-6-15(7-5-13)26-11-17(18,19)20/h4-7,12,14,21H,3,8-11H2,1-2H3. The van der Waals surface area contributed by atoms with E-state index in [9.17, 15) is 26.4 Å². The Bertz CT molecular complexity index is 750. The van der Waals surface area contributed by atoms with Gasteiger partial charge in [0.25, 0.3) is 0 Å². The van der Waals surface area contributed by atoms with Crippen LogP contribution >= 0.6 is 0 Å². The molecular weight excluding hydrogens is 385 g/mol. The van der Waals surface area contributed by atoms with E-state index in [4.69, 9.17) is 0 Å². The van der Waals surface area contributed by atoms with E-state index in [0.29, 0.717) is 18.7 Å². The maximum absolute atomic E-state index is 12.7. The molecule has 0 aromatic heterocycles. The molecule has 10 heteroatoms. The van der Waals surface area contributed by atoms with Gasteiger partial charge in [0.2, 0.25) is 5.91 Å². The lowest BCUT2D eigenvalue weighted by Crippen LogP contribution is -2.47. The molecular formula is C17H23F3N2O4S. The van der Waals surface area contributed by atoms with Crippen LogP contribution in [0.2, 0.25) is 0 Å². The third-order valence-corrected chi connectivity index (χ3v) is 6.03. The van der Waals surface area contributed by atoms with Crippen LogP contribution in [0.3, 0.4) is 0 Å². The second-order valence-corrected chi connectivity index (χ2v) is 8.70. The molecule has 152 valence electrons. The molecule has 1 aliphatic rings. The highest BCUT2D eigenvalue weighted by Crippen LogP contribution is 2.22. The summed E-state index contributed by atoms with van der Waals surface area (Å²) < 4.78 is 64.4. The number of hydrogen-bond donors (Lipinski definition) is 1. The van der Waals surface area contributed by atoms with E-state index < -0.39 is 28.7 Å². The third kappa shape index (κ3) is 6.30. The van der Waals surface area contributed by atoms with Crippen molar-refractivity contribution in [3.63, 3.8) is 0 Å². The molecule has 0 bridgehead atoms. The Morgan fingerprint density at radius 3 is 2.44 bits per heavy atom. The minimum atomic E-state index is -4.41. The van der Waals surface area contributed by atoms with E-state index in [-0.39, 0.29) is 29.2 Å². The van der Waals surface area contributed by atoms with Crippen LogP contribution in [-0.4, -0.2) is 62.1 Å². The zero-order chi connectivity index (χ0) is 20.2. The highest BCUT2D eigenvalue weighted by atomic mass is 32.2. The lowest BCUT2D eigenvalue weighted by molar-refractivity contribution is -0.153. The average molecular weight is 408 g/mol. The number of halogens is 3. The number of alkyl halides is 3. The normalized spacial score (nSPS) is 20.1. The van der Waals surface area contributed by atoms with Crippen LogP contribution in [0.4, 0.5) is 18.9 Å². The first-order valence-electron chi connectivity index (χ1n) is 8.58. The fourth-order valence-electron chi connectivity index (χ4n) is 2.99. The number of benzene rings is 1. The van der Waals surface area contributed by atoms with E-state index in [1.165, 1.54) is 24.3 Å². The number of ether oxygens (including phenoxy) is 1. The maximum Gasteiger partial charge on any atom is 0.422 e. The lowest BCUT2D eigenvalue weighted by Gasteiger charge is -2.30. The van der Waals surface area contributed by atoms with Crippen molar-refractivity contribution in [1.29, 1.82) is 0 Å². The molecule has 0 aliphatic carbocycles. The Balaban J connectivity index is 1.95. The Morgan fingerprint density at radius 1 is 1.33 bits per heavy atom. The molecule has 2 atom stereocenters. The fourth-order valence-corrected chi connectivity index (χ4v) is 4.72. The highest BCUT2D eigenvalue weighted by molar-refractivity contribution is 7.91. The van der Waals surface area contributed by atoms with Gasteiger partial charge in [0.05, 0.1) is 11.5 Å². The Morgan fingerprint density at radius 2 is 1.96 bits per heavy atom. The Labute approximate surface area is 156 Å². The fraction of sp³-hybridized carbons (Fsp3) is 0.588. The number of hydrogen-bond acceptors (Lipinski definition) is 5. The van der Waals surface area contributed by atoms with Crippen molar-refractivity contribution in [2.45, 2.75) is 38.5 Å². The molecule has 0 saturated carbocycles. The van der Waals surface area contributed by atoms with Crippen molar-refractivity contribution >= 4 is 21.4 Å². The van der Waals surface area contributed by atoms with E-state index in [0.717, 1.165) is 0 Å². The molecule has 6 nitrogen and oxygen atoms in total. The van der Waals surface area contributed by atoms with Crippen LogP contribution in [0.15, 0.2) is 24.3 Å². The Hall–Kier alpha value is -1.97. The summed E-state index contributed by atoms with van der Waals surface area (Å²) in [6.45, 7) is 2.48. The van der Waals surface area contributed by atoms with Gasteiger partial charge in [-0.3, -0.25) is 4.79 Å². The summed E-state index contributed by atoms with van der Waals surface area (Å²) in [6, 6.07) is 4.86. The molecule has 0 spiro atoms. The number of anilines is 1. The van der Waals surface area contributed by atoms with Gasteiger partial charge in [0.15, 0.2) is 16.4 Å². The molecule has 1 amide bonds. The van der Waals surface area contributed by atoms with Crippen molar-refractivity contribution in [2.24, 2.45) is 0 Å². The van der Waals surface area contributed by atoms with Crippen molar-refractivity contribution in [2.75, 3.05) is 30.0 Å². The summed E-state index contributed by atoms with van der Waals surface area (Å²) in [4.78, 5) is 14.2. The summed E-state index contributed by atoms with van der Waals surface area (Å²) in [5.74, 6) is -0.0899. The molecule has 1 aromatic carbocycles. The second kappa shape index (κ2) is 8.37. The van der Waals surface area contributed by atoms with Crippen LogP contribution in [0.5, 0.6) is 5.75 Å². The topological polar surface area (TPSA) is 75.7 Å². The summed E-state index contributed by atoms with van der Waals surface area (Å²) in [5, 5.41) is 2.98. The van der Waals surface area contributed by atoms with E-state index in [1.54, 1.807) is 18.7 Å². The Kier molecular flexibility index (Phi) is 6.61. The zero-order valence-electron chi connectivity index (χ0n) is 15.1. The van der Waals surface area contributed by atoms with Crippen molar-refractivity contribution < 1.29 is 31.1 Å². The smallest absolute Gasteiger partial charge is 0.422 e. The van der Waals surface area contributed by atoms with Crippen LogP contribution in [0.1, 0.15) is 20.3 Å². The monoisotopic (exact) mass is 408 g/mol. The van der Waals surface area contributed by atoms with Gasteiger partial charge in [0, 0.05) is 18.3 Å². The molecule has 2 unspecified atom stereocenters. The van der Waals surface area contributed by atoms with Crippen molar-refractivity contribution in [3.05, 3.63) is 24.3 Å². The van der Waals surface area contributed by atoms with Crippen molar-refractivity contribution in [3.8, 4) is 5.75 Å². The molecule has 1 aromatic rings. The number of carbonyl (C=O) groups excluding carboxylic acids is 1. The number of amides is 1. The van der Waals surface area contributed by atoms with Gasteiger partial charge in [-0.1, -0.05) is 0 Å². The van der Waals surface area contributed by atoms with E-state index in [1.807, 2.05) is 0 Å². The number of likely N-dealkylation sites (N-methyl/N-ethyl adjacent to an activating group) is 1. The van der Waals surface area contributed by atoms with Crippen LogP contribution < -0.4 is 10.1 Å². The van der Waals surface area contributed by atoms with Gasteiger partial charge in [-0.05, 0) is 44.5 Å². The van der Waals surface area contributed by atoms with E-state index in [2.05, 4.69) is 10.1 Å². The van der Waals surface area contributed by atoms with Crippen LogP contribution in [-0.2, 0) is 14.6 Å². The summed E-state index contributed by atoms with van der Waals surface area (Å²) in [7, 11) is -3.10. The minimum absolute atomic E-state index is 0.0233. The number of rotatable bonds is 7. The van der Waals surface area contributed by atoms with Gasteiger partial charge in [-0.25, -0.2) is 8.42 Å². The molecule has 1 aliphatic heterocycles. The quantitative estimate of drug-likeness (QED) is 0.750. The first-order valence-corrected chi connectivity index (χ1v) is 10.4. The molecule has 1 saturated heterocycles. The SMILES string of the molecule is CCN(C(=O)C(C)Nc1ccc(OCC(F)(F)F)cc1)C1CCS(=O)(=O)C1. The van der Waals surface area contributed by atoms with Gasteiger partial charge in [-0.15, -0.1) is 0 Å². The third-order valence-electron chi connectivity index (χ3n) is 4.28. The predicted octanol–water partition coefficient (Wildman–Crippen LogP) is 2.46. The van der Waals surface area contributed by atoms with E-state index >= 15 is 0 Å². The lowest BCUT2D eigenvalue weighted by atomic mass is 10.1. The molecule has 1 heterocycles. The van der Waals surface area contributed by atoms with Gasteiger partial charge in [0.1, 0.15) is 11.8 Å².